The van der Waals surface area contributed by atoms with Crippen molar-refractivity contribution in [2.75, 3.05) is 17.2 Å². The highest BCUT2D eigenvalue weighted by molar-refractivity contribution is 6.31. The van der Waals surface area contributed by atoms with Gasteiger partial charge in [0.1, 0.15) is 0 Å². The molecule has 0 aromatic heterocycles. The van der Waals surface area contributed by atoms with E-state index in [1.165, 1.54) is 19.3 Å². The summed E-state index contributed by atoms with van der Waals surface area (Å²) in [5.41, 5.74) is 7.93. The van der Waals surface area contributed by atoms with Crippen molar-refractivity contribution in [3.05, 3.63) is 23.2 Å². The smallest absolute Gasteiger partial charge is 0.0603 e. The Morgan fingerprint density at radius 1 is 1.53 bits per heavy atom. The molecule has 0 amide bonds. The van der Waals surface area contributed by atoms with E-state index in [0.717, 1.165) is 17.9 Å². The van der Waals surface area contributed by atoms with Gasteiger partial charge in [-0.2, -0.15) is 0 Å². The van der Waals surface area contributed by atoms with Crippen LogP contribution in [0.5, 0.6) is 0 Å². The molecule has 2 nitrogen and oxygen atoms in total. The topological polar surface area (TPSA) is 29.3 Å². The second-order valence-corrected chi connectivity index (χ2v) is 4.54. The van der Waals surface area contributed by atoms with Crippen LogP contribution < -0.4 is 10.6 Å². The fourth-order valence-corrected chi connectivity index (χ4v) is 2.54. The lowest BCUT2D eigenvalue weighted by molar-refractivity contribution is 0.646. The maximum Gasteiger partial charge on any atom is 0.0603 e. The standard InChI is InChI=1S/C12H17ClN2/c1-2-10-4-3-7-15(10)12-6-5-9(13)8-11(12)14/h5-6,8,10H,2-4,7,14H2,1H3. The van der Waals surface area contributed by atoms with Crippen LogP contribution in [0.2, 0.25) is 5.02 Å². The van der Waals surface area contributed by atoms with Gasteiger partial charge in [0.2, 0.25) is 0 Å². The van der Waals surface area contributed by atoms with Gasteiger partial charge in [0, 0.05) is 17.6 Å². The van der Waals surface area contributed by atoms with Gasteiger partial charge in [0.15, 0.2) is 0 Å². The monoisotopic (exact) mass is 224 g/mol. The predicted octanol–water partition coefficient (Wildman–Crippen LogP) is 3.30. The van der Waals surface area contributed by atoms with Gasteiger partial charge in [-0.3, -0.25) is 0 Å². The molecule has 0 spiro atoms. The molecular weight excluding hydrogens is 208 g/mol. The molecule has 1 aliphatic rings. The molecule has 1 saturated heterocycles. The molecule has 1 atom stereocenters. The second kappa shape index (κ2) is 4.31. The van der Waals surface area contributed by atoms with Gasteiger partial charge >= 0.3 is 0 Å². The zero-order chi connectivity index (χ0) is 10.8. The molecule has 2 rings (SSSR count). The van der Waals surface area contributed by atoms with Crippen molar-refractivity contribution in [1.29, 1.82) is 0 Å². The van der Waals surface area contributed by atoms with Gasteiger partial charge < -0.3 is 10.6 Å². The Bertz CT molecular complexity index is 351. The summed E-state index contributed by atoms with van der Waals surface area (Å²) in [6.07, 6.45) is 3.72. The molecule has 82 valence electrons. The lowest BCUT2D eigenvalue weighted by Crippen LogP contribution is -2.29. The maximum absolute atomic E-state index is 5.99. The first-order valence-corrected chi connectivity index (χ1v) is 5.92. The SMILES string of the molecule is CCC1CCCN1c1ccc(Cl)cc1N. The lowest BCUT2D eigenvalue weighted by atomic mass is 10.1. The first kappa shape index (κ1) is 10.6. The number of hydrogen-bond donors (Lipinski definition) is 1. The minimum absolute atomic E-state index is 0.647. The Morgan fingerprint density at radius 3 is 3.00 bits per heavy atom. The highest BCUT2D eigenvalue weighted by Gasteiger charge is 2.24. The van der Waals surface area contributed by atoms with Gasteiger partial charge in [0.25, 0.3) is 0 Å². The van der Waals surface area contributed by atoms with E-state index in [0.29, 0.717) is 11.1 Å². The van der Waals surface area contributed by atoms with Crippen molar-refractivity contribution in [2.45, 2.75) is 32.2 Å². The molecule has 1 aromatic rings. The van der Waals surface area contributed by atoms with Gasteiger partial charge in [-0.15, -0.1) is 0 Å². The van der Waals surface area contributed by atoms with Crippen LogP contribution in [-0.4, -0.2) is 12.6 Å². The highest BCUT2D eigenvalue weighted by atomic mass is 35.5. The van der Waals surface area contributed by atoms with E-state index in [1.807, 2.05) is 18.2 Å². The summed E-state index contributed by atoms with van der Waals surface area (Å²) in [5.74, 6) is 0. The molecule has 0 radical (unpaired) electrons. The largest absolute Gasteiger partial charge is 0.397 e. The summed E-state index contributed by atoms with van der Waals surface area (Å²) in [7, 11) is 0. The molecule has 3 heteroatoms. The Labute approximate surface area is 96.0 Å². The molecular formula is C12H17ClN2. The number of benzene rings is 1. The fraction of sp³-hybridized carbons (Fsp3) is 0.500. The summed E-state index contributed by atoms with van der Waals surface area (Å²) in [4.78, 5) is 2.41. The van der Waals surface area contributed by atoms with E-state index in [-0.39, 0.29) is 0 Å². The molecule has 1 fully saturated rings. The van der Waals surface area contributed by atoms with Crippen molar-refractivity contribution in [1.82, 2.24) is 0 Å². The third kappa shape index (κ3) is 2.05. The Kier molecular flexibility index (Phi) is 3.06. The molecule has 1 aliphatic heterocycles. The number of nitrogens with zero attached hydrogens (tertiary/aromatic N) is 1. The zero-order valence-corrected chi connectivity index (χ0v) is 9.80. The van der Waals surface area contributed by atoms with E-state index >= 15 is 0 Å². The summed E-state index contributed by atoms with van der Waals surface area (Å²) in [6, 6.07) is 6.43. The molecule has 0 saturated carbocycles. The Hall–Kier alpha value is -0.890. The van der Waals surface area contributed by atoms with Crippen LogP contribution in [0.1, 0.15) is 26.2 Å². The minimum atomic E-state index is 0.647. The molecule has 0 aliphatic carbocycles. The van der Waals surface area contributed by atoms with E-state index in [2.05, 4.69) is 11.8 Å². The van der Waals surface area contributed by atoms with Gasteiger partial charge in [0.05, 0.1) is 11.4 Å². The molecule has 2 N–H and O–H groups in total. The van der Waals surface area contributed by atoms with Gasteiger partial charge in [-0.05, 0) is 37.5 Å². The number of nitrogen functional groups attached to an aromatic ring is 1. The van der Waals surface area contributed by atoms with Crippen LogP contribution in [-0.2, 0) is 0 Å². The van der Waals surface area contributed by atoms with Crippen LogP contribution in [0.3, 0.4) is 0 Å². The second-order valence-electron chi connectivity index (χ2n) is 4.10. The minimum Gasteiger partial charge on any atom is -0.397 e. The molecule has 15 heavy (non-hydrogen) atoms. The summed E-state index contributed by atoms with van der Waals surface area (Å²) >= 11 is 5.90. The van der Waals surface area contributed by atoms with Crippen molar-refractivity contribution in [3.63, 3.8) is 0 Å². The first-order valence-electron chi connectivity index (χ1n) is 5.54. The maximum atomic E-state index is 5.99. The quantitative estimate of drug-likeness (QED) is 0.782. The number of halogens is 1. The van der Waals surface area contributed by atoms with Gasteiger partial charge in [-0.25, -0.2) is 0 Å². The van der Waals surface area contributed by atoms with Crippen LogP contribution in [0, 0.1) is 0 Å². The number of hydrogen-bond acceptors (Lipinski definition) is 2. The van der Waals surface area contributed by atoms with Crippen LogP contribution in [0.25, 0.3) is 0 Å². The summed E-state index contributed by atoms with van der Waals surface area (Å²) in [6.45, 7) is 3.35. The van der Waals surface area contributed by atoms with E-state index in [9.17, 15) is 0 Å². The number of rotatable bonds is 2. The predicted molar refractivity (Wildman–Crippen MR) is 66.5 cm³/mol. The average molecular weight is 225 g/mol. The van der Waals surface area contributed by atoms with Crippen molar-refractivity contribution < 1.29 is 0 Å². The van der Waals surface area contributed by atoms with Gasteiger partial charge in [-0.1, -0.05) is 18.5 Å². The highest BCUT2D eigenvalue weighted by Crippen LogP contribution is 2.32. The normalized spacial score (nSPS) is 20.9. The van der Waals surface area contributed by atoms with E-state index < -0.39 is 0 Å². The van der Waals surface area contributed by atoms with Crippen LogP contribution in [0.4, 0.5) is 11.4 Å². The first-order chi connectivity index (χ1) is 7.22. The molecule has 1 unspecified atom stereocenters. The Balaban J connectivity index is 2.28. The molecule has 1 aromatic carbocycles. The molecule has 1 heterocycles. The van der Waals surface area contributed by atoms with Crippen molar-refractivity contribution in [2.24, 2.45) is 0 Å². The average Bonchev–Trinajstić information content (AvgIpc) is 2.65. The van der Waals surface area contributed by atoms with Crippen molar-refractivity contribution >= 4 is 23.0 Å². The van der Waals surface area contributed by atoms with Crippen LogP contribution >= 0.6 is 11.6 Å². The lowest BCUT2D eigenvalue weighted by Gasteiger charge is -2.27. The summed E-state index contributed by atoms with van der Waals surface area (Å²) in [5, 5.41) is 0.712. The zero-order valence-electron chi connectivity index (χ0n) is 9.04. The Morgan fingerprint density at radius 2 is 2.33 bits per heavy atom. The third-order valence-corrected chi connectivity index (χ3v) is 3.38. The number of anilines is 2. The van der Waals surface area contributed by atoms with E-state index in [1.54, 1.807) is 0 Å². The van der Waals surface area contributed by atoms with Crippen molar-refractivity contribution in [3.8, 4) is 0 Å². The molecule has 0 bridgehead atoms. The fourth-order valence-electron chi connectivity index (χ4n) is 2.36. The van der Waals surface area contributed by atoms with E-state index in [4.69, 9.17) is 17.3 Å². The van der Waals surface area contributed by atoms with Crippen LogP contribution in [0.15, 0.2) is 18.2 Å². The third-order valence-electron chi connectivity index (χ3n) is 3.15. The summed E-state index contributed by atoms with van der Waals surface area (Å²) < 4.78 is 0. The number of nitrogens with two attached hydrogens (primary N) is 1.